The maximum Gasteiger partial charge on any atom is 0.160 e. The Bertz CT molecular complexity index is 442. The Morgan fingerprint density at radius 2 is 1.93 bits per heavy atom. The third kappa shape index (κ3) is 1.72. The van der Waals surface area contributed by atoms with Gasteiger partial charge in [-0.2, -0.15) is 0 Å². The van der Waals surface area contributed by atoms with E-state index in [0.717, 1.165) is 11.1 Å². The molecule has 0 fully saturated rings. The molecule has 0 aliphatic heterocycles. The van der Waals surface area contributed by atoms with E-state index in [1.54, 1.807) is 18.6 Å². The highest BCUT2D eigenvalue weighted by Gasteiger charge is 2.02. The second kappa shape index (κ2) is 3.72. The van der Waals surface area contributed by atoms with Gasteiger partial charge in [-0.05, 0) is 19.1 Å². The summed E-state index contributed by atoms with van der Waals surface area (Å²) in [6.07, 6.45) is 5.12. The van der Waals surface area contributed by atoms with Gasteiger partial charge in [0.25, 0.3) is 0 Å². The van der Waals surface area contributed by atoms with Crippen molar-refractivity contribution in [1.29, 1.82) is 0 Å². The van der Waals surface area contributed by atoms with Gasteiger partial charge in [0.1, 0.15) is 5.15 Å². The van der Waals surface area contributed by atoms with Crippen LogP contribution in [0.3, 0.4) is 0 Å². The van der Waals surface area contributed by atoms with Gasteiger partial charge in [0.05, 0.1) is 0 Å². The Balaban J connectivity index is 2.48. The molecule has 70 valence electrons. The van der Waals surface area contributed by atoms with Gasteiger partial charge in [-0.15, -0.1) is 0 Å². The highest BCUT2D eigenvalue weighted by atomic mass is 35.5. The van der Waals surface area contributed by atoms with Crippen LogP contribution in [0.2, 0.25) is 5.15 Å². The minimum Gasteiger partial charge on any atom is -0.265 e. The van der Waals surface area contributed by atoms with Crippen LogP contribution >= 0.6 is 11.6 Å². The molecular formula is C10H8ClN3. The number of rotatable bonds is 1. The minimum atomic E-state index is 0.492. The highest BCUT2D eigenvalue weighted by molar-refractivity contribution is 6.30. The fourth-order valence-corrected chi connectivity index (χ4v) is 1.19. The first-order valence-electron chi connectivity index (χ1n) is 4.17. The number of hydrogen-bond donors (Lipinski definition) is 0. The van der Waals surface area contributed by atoms with Crippen molar-refractivity contribution >= 4 is 11.6 Å². The van der Waals surface area contributed by atoms with Crippen LogP contribution in [-0.2, 0) is 0 Å². The molecule has 0 saturated heterocycles. The van der Waals surface area contributed by atoms with E-state index in [9.17, 15) is 0 Å². The van der Waals surface area contributed by atoms with E-state index in [-0.39, 0.29) is 0 Å². The second-order valence-electron chi connectivity index (χ2n) is 2.90. The summed E-state index contributed by atoms with van der Waals surface area (Å²) in [6.45, 7) is 1.87. The molecule has 0 spiro atoms. The lowest BCUT2D eigenvalue weighted by Gasteiger charge is -2.00. The molecule has 4 heteroatoms. The van der Waals surface area contributed by atoms with Crippen molar-refractivity contribution in [3.63, 3.8) is 0 Å². The first-order valence-corrected chi connectivity index (χ1v) is 4.55. The molecule has 0 unspecified atom stereocenters. The Kier molecular flexibility index (Phi) is 2.41. The number of aromatic nitrogens is 3. The van der Waals surface area contributed by atoms with Gasteiger partial charge >= 0.3 is 0 Å². The van der Waals surface area contributed by atoms with Gasteiger partial charge < -0.3 is 0 Å². The Labute approximate surface area is 86.8 Å². The lowest BCUT2D eigenvalue weighted by molar-refractivity contribution is 1.13. The summed E-state index contributed by atoms with van der Waals surface area (Å²) >= 11 is 5.90. The maximum atomic E-state index is 5.90. The summed E-state index contributed by atoms with van der Waals surface area (Å²) in [7, 11) is 0. The van der Waals surface area contributed by atoms with Crippen molar-refractivity contribution in [2.75, 3.05) is 0 Å². The molecule has 2 rings (SSSR count). The molecule has 0 aliphatic rings. The average Bonchev–Trinajstić information content (AvgIpc) is 2.23. The van der Waals surface area contributed by atoms with Gasteiger partial charge in [-0.3, -0.25) is 4.98 Å². The molecule has 0 atom stereocenters. The van der Waals surface area contributed by atoms with Crippen molar-refractivity contribution in [3.8, 4) is 11.4 Å². The first kappa shape index (κ1) is 9.09. The first-order chi connectivity index (χ1) is 6.77. The van der Waals surface area contributed by atoms with Gasteiger partial charge in [-0.1, -0.05) is 11.6 Å². The summed E-state index contributed by atoms with van der Waals surface area (Å²) in [5.74, 6) is 0.628. The zero-order chi connectivity index (χ0) is 9.97. The molecule has 2 heterocycles. The lowest BCUT2D eigenvalue weighted by atomic mass is 10.2. The molecule has 0 saturated carbocycles. The van der Waals surface area contributed by atoms with Crippen LogP contribution < -0.4 is 0 Å². The van der Waals surface area contributed by atoms with Crippen LogP contribution in [0.5, 0.6) is 0 Å². The molecule has 0 aromatic carbocycles. The van der Waals surface area contributed by atoms with E-state index < -0.39 is 0 Å². The standard InChI is InChI=1S/C10H8ClN3/c1-7-6-13-10(14-9(7)11)8-2-4-12-5-3-8/h2-6H,1H3. The summed E-state index contributed by atoms with van der Waals surface area (Å²) in [5.41, 5.74) is 1.80. The maximum absolute atomic E-state index is 5.90. The monoisotopic (exact) mass is 205 g/mol. The van der Waals surface area contributed by atoms with Crippen molar-refractivity contribution in [1.82, 2.24) is 15.0 Å². The predicted molar refractivity (Wildman–Crippen MR) is 55.0 cm³/mol. The zero-order valence-electron chi connectivity index (χ0n) is 7.61. The summed E-state index contributed by atoms with van der Waals surface area (Å²) in [5, 5.41) is 0.492. The number of nitrogens with zero attached hydrogens (tertiary/aromatic N) is 3. The van der Waals surface area contributed by atoms with Crippen LogP contribution in [0.1, 0.15) is 5.56 Å². The smallest absolute Gasteiger partial charge is 0.160 e. The quantitative estimate of drug-likeness (QED) is 0.672. The Morgan fingerprint density at radius 3 is 2.57 bits per heavy atom. The number of hydrogen-bond acceptors (Lipinski definition) is 3. The van der Waals surface area contributed by atoms with Crippen molar-refractivity contribution < 1.29 is 0 Å². The number of pyridine rings is 1. The molecular weight excluding hydrogens is 198 g/mol. The van der Waals surface area contributed by atoms with Gasteiger partial charge in [0.15, 0.2) is 5.82 Å². The molecule has 0 bridgehead atoms. The molecule has 2 aromatic heterocycles. The molecule has 0 radical (unpaired) electrons. The normalized spacial score (nSPS) is 10.1. The number of aryl methyl sites for hydroxylation is 1. The fourth-order valence-electron chi connectivity index (χ4n) is 1.06. The predicted octanol–water partition coefficient (Wildman–Crippen LogP) is 2.50. The molecule has 14 heavy (non-hydrogen) atoms. The molecule has 0 amide bonds. The van der Waals surface area contributed by atoms with Crippen molar-refractivity contribution in [2.45, 2.75) is 6.92 Å². The summed E-state index contributed by atoms with van der Waals surface area (Å²) in [4.78, 5) is 12.3. The third-order valence-corrected chi connectivity index (χ3v) is 2.23. The zero-order valence-corrected chi connectivity index (χ0v) is 8.36. The van der Waals surface area contributed by atoms with Gasteiger partial charge in [0.2, 0.25) is 0 Å². The molecule has 2 aromatic rings. The van der Waals surface area contributed by atoms with E-state index >= 15 is 0 Å². The van der Waals surface area contributed by atoms with Crippen molar-refractivity contribution in [2.24, 2.45) is 0 Å². The lowest BCUT2D eigenvalue weighted by Crippen LogP contribution is -1.91. The van der Waals surface area contributed by atoms with Crippen LogP contribution in [0.15, 0.2) is 30.7 Å². The fraction of sp³-hybridized carbons (Fsp3) is 0.100. The van der Waals surface area contributed by atoms with E-state index in [2.05, 4.69) is 15.0 Å². The summed E-state index contributed by atoms with van der Waals surface area (Å²) < 4.78 is 0. The topological polar surface area (TPSA) is 38.7 Å². The Morgan fingerprint density at radius 1 is 1.21 bits per heavy atom. The van der Waals surface area contributed by atoms with E-state index in [0.29, 0.717) is 11.0 Å². The molecule has 0 N–H and O–H groups in total. The third-order valence-electron chi connectivity index (χ3n) is 1.85. The SMILES string of the molecule is Cc1cnc(-c2ccncc2)nc1Cl. The minimum absolute atomic E-state index is 0.492. The summed E-state index contributed by atoms with van der Waals surface area (Å²) in [6, 6.07) is 3.70. The van der Waals surface area contributed by atoms with Crippen LogP contribution in [0.4, 0.5) is 0 Å². The Hall–Kier alpha value is -1.48. The average molecular weight is 206 g/mol. The van der Waals surface area contributed by atoms with Gasteiger partial charge in [0, 0.05) is 29.7 Å². The van der Waals surface area contributed by atoms with E-state index in [1.165, 1.54) is 0 Å². The molecule has 3 nitrogen and oxygen atoms in total. The number of halogens is 1. The van der Waals surface area contributed by atoms with E-state index in [1.807, 2.05) is 19.1 Å². The van der Waals surface area contributed by atoms with Crippen LogP contribution in [0, 0.1) is 6.92 Å². The second-order valence-corrected chi connectivity index (χ2v) is 3.26. The van der Waals surface area contributed by atoms with Crippen LogP contribution in [0.25, 0.3) is 11.4 Å². The largest absolute Gasteiger partial charge is 0.265 e. The highest BCUT2D eigenvalue weighted by Crippen LogP contribution is 2.17. The van der Waals surface area contributed by atoms with Crippen molar-refractivity contribution in [3.05, 3.63) is 41.4 Å². The van der Waals surface area contributed by atoms with Gasteiger partial charge in [-0.25, -0.2) is 9.97 Å². The van der Waals surface area contributed by atoms with E-state index in [4.69, 9.17) is 11.6 Å². The van der Waals surface area contributed by atoms with Crippen LogP contribution in [-0.4, -0.2) is 15.0 Å². The molecule has 0 aliphatic carbocycles.